The summed E-state index contributed by atoms with van der Waals surface area (Å²) in [5.74, 6) is 1.56. The largest absolute Gasteiger partial charge is 0.491 e. The third-order valence-corrected chi connectivity index (χ3v) is 4.87. The number of carbonyl (C=O) groups is 1. The molecule has 2 rings (SSSR count). The minimum absolute atomic E-state index is 0.0608. The van der Waals surface area contributed by atoms with Crippen molar-refractivity contribution >= 4 is 5.91 Å². The van der Waals surface area contributed by atoms with Gasteiger partial charge in [-0.25, -0.2) is 0 Å². The summed E-state index contributed by atoms with van der Waals surface area (Å²) in [5.41, 5.74) is 2.56. The van der Waals surface area contributed by atoms with E-state index in [1.54, 1.807) is 0 Å². The first-order valence-electron chi connectivity index (χ1n) is 11.0. The molecule has 2 aromatic carbocycles. The summed E-state index contributed by atoms with van der Waals surface area (Å²) in [6.45, 7) is 13.2. The van der Waals surface area contributed by atoms with E-state index < -0.39 is 6.10 Å². The smallest absolute Gasteiger partial charge is 0.261 e. The second-order valence-electron chi connectivity index (χ2n) is 9.00. The van der Waals surface area contributed by atoms with Gasteiger partial charge in [-0.05, 0) is 73.9 Å². The van der Waals surface area contributed by atoms with Crippen LogP contribution in [0.2, 0.25) is 0 Å². The Hall–Kier alpha value is -2.49. The quantitative estimate of drug-likeness (QED) is 0.512. The number of carbonyl (C=O) groups excluding carboxylic acids is 1. The van der Waals surface area contributed by atoms with Crippen LogP contribution in [0.1, 0.15) is 65.5 Å². The topological polar surface area (TPSA) is 47.6 Å². The van der Waals surface area contributed by atoms with Gasteiger partial charge < -0.3 is 14.8 Å². The van der Waals surface area contributed by atoms with Gasteiger partial charge in [0.1, 0.15) is 11.5 Å². The van der Waals surface area contributed by atoms with Crippen LogP contribution in [0.4, 0.5) is 0 Å². The SMILES string of the molecule is CC[C@@H](Oc1ccc(C(C)(C)C)cc1)C(=O)NCCCc1cccc(OC(C)C)c1. The predicted octanol–water partition coefficient (Wildman–Crippen LogP) is 5.68. The Morgan fingerprint density at radius 3 is 2.30 bits per heavy atom. The summed E-state index contributed by atoms with van der Waals surface area (Å²) in [6.07, 6.45) is 2.07. The molecule has 0 spiro atoms. The van der Waals surface area contributed by atoms with Crippen molar-refractivity contribution in [1.29, 1.82) is 0 Å². The lowest BCUT2D eigenvalue weighted by atomic mass is 9.87. The van der Waals surface area contributed by atoms with Gasteiger partial charge in [0.05, 0.1) is 6.10 Å². The summed E-state index contributed by atoms with van der Waals surface area (Å²) in [4.78, 5) is 12.5. The normalized spacial score (nSPS) is 12.5. The summed E-state index contributed by atoms with van der Waals surface area (Å²) in [6, 6.07) is 16.2. The Kier molecular flexibility index (Phi) is 8.76. The van der Waals surface area contributed by atoms with Crippen LogP contribution in [0, 0.1) is 0 Å². The van der Waals surface area contributed by atoms with Crippen molar-refractivity contribution in [3.8, 4) is 11.5 Å². The Labute approximate surface area is 182 Å². The molecule has 164 valence electrons. The van der Waals surface area contributed by atoms with Crippen molar-refractivity contribution < 1.29 is 14.3 Å². The molecular formula is C26H37NO3. The van der Waals surface area contributed by atoms with E-state index in [-0.39, 0.29) is 17.4 Å². The Morgan fingerprint density at radius 1 is 1.00 bits per heavy atom. The summed E-state index contributed by atoms with van der Waals surface area (Å²) < 4.78 is 11.7. The van der Waals surface area contributed by atoms with Gasteiger partial charge in [0.2, 0.25) is 0 Å². The van der Waals surface area contributed by atoms with E-state index in [0.29, 0.717) is 13.0 Å². The molecule has 4 heteroatoms. The molecule has 0 aliphatic heterocycles. The summed E-state index contributed by atoms with van der Waals surface area (Å²) in [5, 5.41) is 3.01. The highest BCUT2D eigenvalue weighted by molar-refractivity contribution is 5.81. The lowest BCUT2D eigenvalue weighted by Gasteiger charge is -2.21. The first-order valence-corrected chi connectivity index (χ1v) is 11.0. The molecule has 0 aliphatic rings. The van der Waals surface area contributed by atoms with E-state index in [2.05, 4.69) is 50.4 Å². The average Bonchev–Trinajstić information content (AvgIpc) is 2.68. The van der Waals surface area contributed by atoms with Gasteiger partial charge >= 0.3 is 0 Å². The van der Waals surface area contributed by atoms with Gasteiger partial charge in [-0.1, -0.05) is 52.0 Å². The van der Waals surface area contributed by atoms with Gasteiger partial charge in [-0.15, -0.1) is 0 Å². The molecule has 0 aliphatic carbocycles. The van der Waals surface area contributed by atoms with Gasteiger partial charge in [0.15, 0.2) is 6.10 Å². The molecule has 2 aromatic rings. The number of ether oxygens (including phenoxy) is 2. The molecule has 0 aromatic heterocycles. The first kappa shape index (κ1) is 23.8. The van der Waals surface area contributed by atoms with Crippen molar-refractivity contribution in [1.82, 2.24) is 5.32 Å². The lowest BCUT2D eigenvalue weighted by molar-refractivity contribution is -0.128. The van der Waals surface area contributed by atoms with Crippen LogP contribution in [0.15, 0.2) is 48.5 Å². The lowest BCUT2D eigenvalue weighted by Crippen LogP contribution is -2.38. The van der Waals surface area contributed by atoms with Crippen molar-refractivity contribution in [2.75, 3.05) is 6.54 Å². The van der Waals surface area contributed by atoms with Gasteiger partial charge in [0.25, 0.3) is 5.91 Å². The zero-order chi connectivity index (χ0) is 22.1. The minimum atomic E-state index is -0.478. The molecule has 0 bridgehead atoms. The van der Waals surface area contributed by atoms with Crippen LogP contribution < -0.4 is 14.8 Å². The van der Waals surface area contributed by atoms with E-state index in [1.807, 2.05) is 45.0 Å². The minimum Gasteiger partial charge on any atom is -0.491 e. The molecule has 1 amide bonds. The zero-order valence-electron chi connectivity index (χ0n) is 19.3. The molecule has 0 unspecified atom stereocenters. The van der Waals surface area contributed by atoms with Crippen molar-refractivity contribution in [2.45, 2.75) is 78.4 Å². The average molecular weight is 412 g/mol. The molecule has 30 heavy (non-hydrogen) atoms. The fraction of sp³-hybridized carbons (Fsp3) is 0.500. The summed E-state index contributed by atoms with van der Waals surface area (Å²) >= 11 is 0. The molecule has 4 nitrogen and oxygen atoms in total. The van der Waals surface area contributed by atoms with Gasteiger partial charge in [-0.3, -0.25) is 4.79 Å². The van der Waals surface area contributed by atoms with Crippen LogP contribution in [0.5, 0.6) is 11.5 Å². The number of aryl methyl sites for hydroxylation is 1. The van der Waals surface area contributed by atoms with Crippen LogP contribution in [-0.2, 0) is 16.6 Å². The fourth-order valence-electron chi connectivity index (χ4n) is 3.18. The molecule has 0 saturated heterocycles. The highest BCUT2D eigenvalue weighted by Crippen LogP contribution is 2.25. The standard InChI is InChI=1S/C26H37NO3/c1-7-24(30-22-15-13-21(14-16-22)26(4,5)6)25(28)27-17-9-11-20-10-8-12-23(18-20)29-19(2)3/h8,10,12-16,18-19,24H,7,9,11,17H2,1-6H3,(H,27,28)/t24-/m1/s1. The third kappa shape index (κ3) is 7.74. The Balaban J connectivity index is 1.80. The zero-order valence-corrected chi connectivity index (χ0v) is 19.3. The van der Waals surface area contributed by atoms with E-state index in [0.717, 1.165) is 24.3 Å². The van der Waals surface area contributed by atoms with E-state index in [1.165, 1.54) is 11.1 Å². The maximum atomic E-state index is 12.5. The van der Waals surface area contributed by atoms with E-state index >= 15 is 0 Å². The number of hydrogen-bond donors (Lipinski definition) is 1. The highest BCUT2D eigenvalue weighted by Gasteiger charge is 2.19. The Morgan fingerprint density at radius 2 is 1.70 bits per heavy atom. The van der Waals surface area contributed by atoms with Crippen LogP contribution in [0.25, 0.3) is 0 Å². The number of rotatable bonds is 10. The van der Waals surface area contributed by atoms with Crippen LogP contribution >= 0.6 is 0 Å². The number of hydrogen-bond acceptors (Lipinski definition) is 3. The molecule has 0 radical (unpaired) electrons. The molecule has 1 N–H and O–H groups in total. The van der Waals surface area contributed by atoms with Crippen LogP contribution in [0.3, 0.4) is 0 Å². The third-order valence-electron chi connectivity index (χ3n) is 4.87. The maximum absolute atomic E-state index is 12.5. The predicted molar refractivity (Wildman–Crippen MR) is 123 cm³/mol. The van der Waals surface area contributed by atoms with E-state index in [4.69, 9.17) is 9.47 Å². The van der Waals surface area contributed by atoms with Crippen molar-refractivity contribution in [3.05, 3.63) is 59.7 Å². The highest BCUT2D eigenvalue weighted by atomic mass is 16.5. The summed E-state index contributed by atoms with van der Waals surface area (Å²) in [7, 11) is 0. The Bertz CT molecular complexity index is 791. The second-order valence-corrected chi connectivity index (χ2v) is 9.00. The monoisotopic (exact) mass is 411 g/mol. The van der Waals surface area contributed by atoms with Crippen molar-refractivity contribution in [2.24, 2.45) is 0 Å². The van der Waals surface area contributed by atoms with E-state index in [9.17, 15) is 4.79 Å². The number of amides is 1. The number of benzene rings is 2. The maximum Gasteiger partial charge on any atom is 0.261 e. The molecule has 0 saturated carbocycles. The first-order chi connectivity index (χ1) is 14.2. The fourth-order valence-corrected chi connectivity index (χ4v) is 3.18. The molecular weight excluding hydrogens is 374 g/mol. The number of nitrogens with one attached hydrogen (secondary N) is 1. The van der Waals surface area contributed by atoms with Gasteiger partial charge in [0, 0.05) is 6.54 Å². The van der Waals surface area contributed by atoms with Crippen molar-refractivity contribution in [3.63, 3.8) is 0 Å². The molecule has 0 heterocycles. The van der Waals surface area contributed by atoms with Gasteiger partial charge in [-0.2, -0.15) is 0 Å². The van der Waals surface area contributed by atoms with Crippen LogP contribution in [-0.4, -0.2) is 24.7 Å². The molecule has 1 atom stereocenters. The second kappa shape index (κ2) is 11.1. The molecule has 0 fully saturated rings.